The summed E-state index contributed by atoms with van der Waals surface area (Å²) in [6.45, 7) is 6.18. The van der Waals surface area contributed by atoms with Gasteiger partial charge in [-0.3, -0.25) is 9.98 Å². The van der Waals surface area contributed by atoms with E-state index < -0.39 is 0 Å². The van der Waals surface area contributed by atoms with Crippen LogP contribution in [0.15, 0.2) is 9.98 Å². The van der Waals surface area contributed by atoms with Crippen LogP contribution < -0.4 is 21.3 Å². The maximum absolute atomic E-state index is 4.43. The number of nitrogens with zero attached hydrogens (tertiary/aromatic N) is 2. The molecule has 0 aromatic rings. The van der Waals surface area contributed by atoms with Crippen molar-refractivity contribution in [2.45, 2.75) is 77.0 Å². The molecule has 2 aliphatic rings. The summed E-state index contributed by atoms with van der Waals surface area (Å²) in [4.78, 5) is 8.86. The Morgan fingerprint density at radius 1 is 0.571 bits per heavy atom. The summed E-state index contributed by atoms with van der Waals surface area (Å²) < 4.78 is 0. The number of nitrogens with one attached hydrogen (secondary N) is 4. The molecule has 2 rings (SSSR count). The molecule has 6 nitrogen and oxygen atoms in total. The Morgan fingerprint density at radius 2 is 0.929 bits per heavy atom. The third-order valence-electron chi connectivity index (χ3n) is 4.98. The van der Waals surface area contributed by atoms with Gasteiger partial charge in [-0.15, -0.1) is 48.0 Å². The molecule has 166 valence electrons. The molecule has 0 saturated heterocycles. The summed E-state index contributed by atoms with van der Waals surface area (Å²) in [5, 5.41) is 13.4. The number of halogens is 2. The molecular formula is C20H42I2N6. The van der Waals surface area contributed by atoms with Crippen molar-refractivity contribution in [1.82, 2.24) is 21.3 Å². The van der Waals surface area contributed by atoms with Gasteiger partial charge in [0.15, 0.2) is 11.9 Å². The van der Waals surface area contributed by atoms with Gasteiger partial charge in [0.1, 0.15) is 0 Å². The number of hydrogen-bond donors (Lipinski definition) is 4. The number of hydrogen-bond acceptors (Lipinski definition) is 6. The van der Waals surface area contributed by atoms with Gasteiger partial charge < -0.3 is 21.3 Å². The van der Waals surface area contributed by atoms with E-state index in [-0.39, 0.29) is 48.0 Å². The lowest BCUT2D eigenvalue weighted by Crippen LogP contribution is -2.41. The second-order valence-corrected chi connectivity index (χ2v) is 7.41. The van der Waals surface area contributed by atoms with Crippen molar-refractivity contribution in [3.63, 3.8) is 0 Å². The summed E-state index contributed by atoms with van der Waals surface area (Å²) in [5.74, 6) is 2.02. The van der Waals surface area contributed by atoms with Crippen molar-refractivity contribution < 1.29 is 0 Å². The lowest BCUT2D eigenvalue weighted by molar-refractivity contribution is 0.546. The fourth-order valence-electron chi connectivity index (χ4n) is 3.38. The Bertz CT molecular complexity index is 380. The van der Waals surface area contributed by atoms with Crippen LogP contribution in [0.4, 0.5) is 0 Å². The number of aliphatic imine (C=N–C) groups is 2. The third kappa shape index (κ3) is 14.9. The van der Waals surface area contributed by atoms with Gasteiger partial charge in [0, 0.05) is 39.3 Å². The van der Waals surface area contributed by atoms with Gasteiger partial charge in [-0.2, -0.15) is 0 Å². The highest BCUT2D eigenvalue weighted by Crippen LogP contribution is 2.10. The first-order valence-corrected chi connectivity index (χ1v) is 11.0. The molecule has 0 aromatic carbocycles. The minimum absolute atomic E-state index is 0. The molecule has 0 saturated carbocycles. The van der Waals surface area contributed by atoms with Crippen LogP contribution in [0.1, 0.15) is 77.0 Å². The Morgan fingerprint density at radius 3 is 1.25 bits per heavy atom. The molecule has 4 N–H and O–H groups in total. The summed E-state index contributed by atoms with van der Waals surface area (Å²) in [6.07, 6.45) is 15.9. The molecular weight excluding hydrogens is 578 g/mol. The fourth-order valence-corrected chi connectivity index (χ4v) is 3.38. The van der Waals surface area contributed by atoms with Crippen LogP contribution in [0.3, 0.4) is 0 Å². The number of guanidine groups is 2. The zero-order valence-electron chi connectivity index (χ0n) is 17.4. The van der Waals surface area contributed by atoms with Gasteiger partial charge in [0.25, 0.3) is 0 Å². The topological polar surface area (TPSA) is 72.8 Å². The fraction of sp³-hybridized carbons (Fsp3) is 0.900. The average Bonchev–Trinajstić information content (AvgIpc) is 2.70. The van der Waals surface area contributed by atoms with Crippen molar-refractivity contribution >= 4 is 59.9 Å². The van der Waals surface area contributed by atoms with E-state index in [9.17, 15) is 0 Å². The SMILES string of the molecule is C(CCCCCCNC1=NCCCN1)CCCCCNC1=NCCCN1.I.I. The maximum Gasteiger partial charge on any atom is 0.191 e. The highest BCUT2D eigenvalue weighted by molar-refractivity contribution is 14.0. The van der Waals surface area contributed by atoms with E-state index in [0.29, 0.717) is 0 Å². The van der Waals surface area contributed by atoms with Gasteiger partial charge in [0.2, 0.25) is 0 Å². The zero-order chi connectivity index (χ0) is 18.1. The van der Waals surface area contributed by atoms with Gasteiger partial charge in [-0.1, -0.05) is 51.4 Å². The quantitative estimate of drug-likeness (QED) is 0.186. The minimum Gasteiger partial charge on any atom is -0.356 e. The molecule has 0 radical (unpaired) electrons. The normalized spacial score (nSPS) is 15.7. The van der Waals surface area contributed by atoms with Gasteiger partial charge in [-0.25, -0.2) is 0 Å². The molecule has 0 spiro atoms. The van der Waals surface area contributed by atoms with E-state index >= 15 is 0 Å². The maximum atomic E-state index is 4.43. The first kappa shape index (κ1) is 28.0. The third-order valence-corrected chi connectivity index (χ3v) is 4.98. The van der Waals surface area contributed by atoms with Crippen LogP contribution >= 0.6 is 48.0 Å². The predicted octanol–water partition coefficient (Wildman–Crippen LogP) is 4.00. The monoisotopic (exact) mass is 620 g/mol. The van der Waals surface area contributed by atoms with E-state index in [1.165, 1.54) is 64.2 Å². The molecule has 0 fully saturated rings. The molecule has 2 heterocycles. The van der Waals surface area contributed by atoms with Crippen LogP contribution in [0.2, 0.25) is 0 Å². The Kier molecular flexibility index (Phi) is 20.3. The minimum atomic E-state index is 0. The lowest BCUT2D eigenvalue weighted by Gasteiger charge is -2.15. The zero-order valence-corrected chi connectivity index (χ0v) is 22.1. The van der Waals surface area contributed by atoms with Crippen molar-refractivity contribution in [2.75, 3.05) is 39.3 Å². The predicted molar refractivity (Wildman–Crippen MR) is 143 cm³/mol. The van der Waals surface area contributed by atoms with E-state index in [4.69, 9.17) is 0 Å². The van der Waals surface area contributed by atoms with Crippen LogP contribution in [-0.2, 0) is 0 Å². The van der Waals surface area contributed by atoms with E-state index in [1.807, 2.05) is 0 Å². The van der Waals surface area contributed by atoms with Crippen molar-refractivity contribution in [1.29, 1.82) is 0 Å². The summed E-state index contributed by atoms with van der Waals surface area (Å²) in [7, 11) is 0. The smallest absolute Gasteiger partial charge is 0.191 e. The second kappa shape index (κ2) is 20.3. The van der Waals surface area contributed by atoms with E-state index in [1.54, 1.807) is 0 Å². The Balaban J connectivity index is 0.00000364. The lowest BCUT2D eigenvalue weighted by atomic mass is 10.1. The molecule has 0 amide bonds. The van der Waals surface area contributed by atoms with Crippen LogP contribution in [0.5, 0.6) is 0 Å². The highest BCUT2D eigenvalue weighted by Gasteiger charge is 2.02. The standard InChI is InChI=1S/C20H40N6.2HI/c1(3-5-7-9-13-21-19-23-15-11-16-24-19)2-4-6-8-10-14-22-20-25-17-12-18-26-20;;/h1-18H2,(H2,21,23,24)(H2,22,25,26);2*1H. The van der Waals surface area contributed by atoms with E-state index in [2.05, 4.69) is 31.3 Å². The largest absolute Gasteiger partial charge is 0.356 e. The first-order chi connectivity index (χ1) is 12.9. The first-order valence-electron chi connectivity index (χ1n) is 11.0. The van der Waals surface area contributed by atoms with Gasteiger partial charge in [-0.05, 0) is 25.7 Å². The Labute approximate surface area is 206 Å². The van der Waals surface area contributed by atoms with Crippen molar-refractivity contribution in [3.8, 4) is 0 Å². The Hall–Kier alpha value is 0. The molecule has 8 heteroatoms. The summed E-state index contributed by atoms with van der Waals surface area (Å²) in [6, 6.07) is 0. The number of unbranched alkanes of at least 4 members (excludes halogenated alkanes) is 9. The van der Waals surface area contributed by atoms with Crippen molar-refractivity contribution in [2.24, 2.45) is 9.98 Å². The van der Waals surface area contributed by atoms with Crippen molar-refractivity contribution in [3.05, 3.63) is 0 Å². The summed E-state index contributed by atoms with van der Waals surface area (Å²) in [5.41, 5.74) is 0. The van der Waals surface area contributed by atoms with Crippen LogP contribution in [0.25, 0.3) is 0 Å². The van der Waals surface area contributed by atoms with Gasteiger partial charge in [0.05, 0.1) is 0 Å². The average molecular weight is 620 g/mol. The van der Waals surface area contributed by atoms with Crippen LogP contribution in [-0.4, -0.2) is 51.2 Å². The molecule has 28 heavy (non-hydrogen) atoms. The summed E-state index contributed by atoms with van der Waals surface area (Å²) >= 11 is 0. The molecule has 0 unspecified atom stereocenters. The number of rotatable bonds is 13. The molecule has 2 aliphatic heterocycles. The van der Waals surface area contributed by atoms with E-state index in [0.717, 1.165) is 64.0 Å². The van der Waals surface area contributed by atoms with Gasteiger partial charge >= 0.3 is 0 Å². The molecule has 0 aromatic heterocycles. The molecule has 0 atom stereocenters. The molecule has 0 bridgehead atoms. The molecule has 0 aliphatic carbocycles. The second-order valence-electron chi connectivity index (χ2n) is 7.41. The highest BCUT2D eigenvalue weighted by atomic mass is 127. The van der Waals surface area contributed by atoms with Crippen LogP contribution in [0, 0.1) is 0 Å².